The van der Waals surface area contributed by atoms with E-state index < -0.39 is 18.0 Å². The van der Waals surface area contributed by atoms with Crippen LogP contribution in [0.25, 0.3) is 5.03 Å². The van der Waals surface area contributed by atoms with Crippen LogP contribution in [-0.2, 0) is 22.6 Å². The zero-order chi connectivity index (χ0) is 24.3. The van der Waals surface area contributed by atoms with Crippen LogP contribution in [-0.4, -0.2) is 65.8 Å². The zero-order valence-corrected chi connectivity index (χ0v) is 20.1. The maximum absolute atomic E-state index is 13.2. The number of rotatable bonds is 9. The highest BCUT2D eigenvalue weighted by Gasteiger charge is 2.39. The summed E-state index contributed by atoms with van der Waals surface area (Å²) >= 11 is 6.23. The predicted octanol–water partition coefficient (Wildman–Crippen LogP) is 3.27. The van der Waals surface area contributed by atoms with Crippen molar-refractivity contribution in [2.24, 2.45) is 5.73 Å². The van der Waals surface area contributed by atoms with Crippen LogP contribution in [0.2, 0.25) is 0 Å². The quantitative estimate of drug-likeness (QED) is 0.516. The van der Waals surface area contributed by atoms with Crippen LogP contribution in [0.4, 0.5) is 8.78 Å². The molecule has 4 rings (SSSR count). The summed E-state index contributed by atoms with van der Waals surface area (Å²) in [6.45, 7) is 2.49. The molecule has 1 aliphatic carbocycles. The first-order valence-corrected chi connectivity index (χ1v) is 12.5. The van der Waals surface area contributed by atoms with Gasteiger partial charge in [0.1, 0.15) is 6.04 Å². The summed E-state index contributed by atoms with van der Waals surface area (Å²) in [6.07, 6.45) is 5.36. The van der Waals surface area contributed by atoms with E-state index in [1.807, 2.05) is 29.2 Å². The van der Waals surface area contributed by atoms with Gasteiger partial charge in [0, 0.05) is 44.1 Å². The third kappa shape index (κ3) is 5.96. The Bertz CT molecular complexity index is 945. The van der Waals surface area contributed by atoms with Crippen LogP contribution < -0.4 is 11.1 Å². The van der Waals surface area contributed by atoms with Gasteiger partial charge in [0.05, 0.1) is 6.04 Å². The first-order valence-electron chi connectivity index (χ1n) is 12.2. The molecule has 1 aromatic rings. The normalized spacial score (nSPS) is 22.5. The molecule has 2 saturated heterocycles. The minimum Gasteiger partial charge on any atom is -0.350 e. The number of nitrogens with one attached hydrogen (secondary N) is 1. The summed E-state index contributed by atoms with van der Waals surface area (Å²) < 4.78 is 26.5. The zero-order valence-electron chi connectivity index (χ0n) is 19.4. The predicted molar refractivity (Wildman–Crippen MR) is 128 cm³/mol. The molecule has 2 amide bonds. The number of nitrogens with zero attached hydrogens (tertiary/aromatic N) is 2. The minimum absolute atomic E-state index is 0.0827. The lowest BCUT2D eigenvalue weighted by Gasteiger charge is -2.41. The minimum atomic E-state index is -2.53. The second-order valence-electron chi connectivity index (χ2n) is 9.60. The van der Waals surface area contributed by atoms with Crippen LogP contribution in [0.5, 0.6) is 0 Å². The smallest absolute Gasteiger partial charge is 0.250 e. The Morgan fingerprint density at radius 1 is 1.21 bits per heavy atom. The van der Waals surface area contributed by atoms with E-state index in [0.29, 0.717) is 39.0 Å². The van der Waals surface area contributed by atoms with E-state index in [4.69, 9.17) is 17.3 Å². The Morgan fingerprint density at radius 3 is 2.68 bits per heavy atom. The number of alkyl halides is 2. The van der Waals surface area contributed by atoms with Crippen molar-refractivity contribution >= 4 is 28.4 Å². The lowest BCUT2D eigenvalue weighted by atomic mass is 9.98. The van der Waals surface area contributed by atoms with Crippen LogP contribution in [0.3, 0.4) is 0 Å². The molecule has 34 heavy (non-hydrogen) atoms. The van der Waals surface area contributed by atoms with Gasteiger partial charge in [-0.25, -0.2) is 8.78 Å². The fourth-order valence-corrected chi connectivity index (χ4v) is 5.07. The van der Waals surface area contributed by atoms with Crippen molar-refractivity contribution in [2.75, 3.05) is 26.2 Å². The Hall–Kier alpha value is -2.03. The van der Waals surface area contributed by atoms with E-state index in [-0.39, 0.29) is 24.7 Å². The molecule has 2 atom stereocenters. The summed E-state index contributed by atoms with van der Waals surface area (Å²) in [4.78, 5) is 29.0. The van der Waals surface area contributed by atoms with E-state index in [0.717, 1.165) is 42.0 Å². The number of amides is 2. The van der Waals surface area contributed by atoms with Gasteiger partial charge in [-0.1, -0.05) is 36.2 Å². The maximum Gasteiger partial charge on any atom is 0.250 e. The van der Waals surface area contributed by atoms with E-state index >= 15 is 0 Å². The molecule has 9 heteroatoms. The Balaban J connectivity index is 1.16. The molecule has 3 aliphatic rings. The Labute approximate surface area is 204 Å². The number of nitrogens with two attached hydrogens (primary N) is 1. The van der Waals surface area contributed by atoms with Crippen molar-refractivity contribution in [3.8, 4) is 0 Å². The fourth-order valence-electron chi connectivity index (χ4n) is 4.81. The maximum atomic E-state index is 13.2. The van der Waals surface area contributed by atoms with Crippen molar-refractivity contribution in [3.63, 3.8) is 0 Å². The number of benzene rings is 1. The first kappa shape index (κ1) is 25.1. The summed E-state index contributed by atoms with van der Waals surface area (Å²) in [7, 11) is 0. The van der Waals surface area contributed by atoms with Crippen LogP contribution >= 0.6 is 11.6 Å². The largest absolute Gasteiger partial charge is 0.350 e. The van der Waals surface area contributed by atoms with Gasteiger partial charge in [0.15, 0.2) is 0 Å². The summed E-state index contributed by atoms with van der Waals surface area (Å²) in [5, 5.41) is 3.67. The third-order valence-electron chi connectivity index (χ3n) is 7.15. The van der Waals surface area contributed by atoms with Gasteiger partial charge in [0.2, 0.25) is 11.8 Å². The Morgan fingerprint density at radius 2 is 1.97 bits per heavy atom. The topological polar surface area (TPSA) is 78.7 Å². The molecule has 0 unspecified atom stereocenters. The molecule has 0 spiro atoms. The molecule has 0 radical (unpaired) electrons. The number of allylic oxidation sites excluding steroid dienone is 1. The van der Waals surface area contributed by atoms with Crippen LogP contribution in [0, 0.1) is 0 Å². The third-order valence-corrected chi connectivity index (χ3v) is 7.51. The molecule has 0 saturated carbocycles. The number of likely N-dealkylation sites (tertiary alicyclic amines) is 2. The van der Waals surface area contributed by atoms with Gasteiger partial charge in [-0.3, -0.25) is 9.59 Å². The van der Waals surface area contributed by atoms with Gasteiger partial charge >= 0.3 is 0 Å². The number of halogens is 3. The second-order valence-corrected chi connectivity index (χ2v) is 10.0. The van der Waals surface area contributed by atoms with Crippen molar-refractivity contribution in [3.05, 3.63) is 41.0 Å². The highest BCUT2D eigenvalue weighted by molar-refractivity contribution is 6.49. The fraction of sp³-hybridized carbons (Fsp3) is 0.600. The standard InChI is InChI=1S/C25H33ClF2N4O2/c26-20-7-6-18-5-4-17(15-19(18)20)16-30-23(33)22-8-12-32(22)24(34)21(29)3-1-2-11-31-13-9-25(27,28)10-14-31/h4-5,7,15,21-22H,1-3,6,8-14,16,29H2,(H,30,33)/t21-,22+/m1/s1. The van der Waals surface area contributed by atoms with Crippen LogP contribution in [0.15, 0.2) is 24.3 Å². The second kappa shape index (κ2) is 10.7. The average Bonchev–Trinajstić information content (AvgIpc) is 3.15. The molecule has 0 aromatic heterocycles. The SMILES string of the molecule is N[C@H](CCCCN1CCC(F)(F)CC1)C(=O)N1CC[C@H]1C(=O)NCc1ccc2c(c1)C(Cl)=CC2. The van der Waals surface area contributed by atoms with E-state index in [2.05, 4.69) is 5.32 Å². The molecule has 2 heterocycles. The number of carbonyl (C=O) groups excluding carboxylic acids is 2. The molecule has 0 bridgehead atoms. The molecule has 2 aliphatic heterocycles. The molecule has 1 aromatic carbocycles. The van der Waals surface area contributed by atoms with Crippen LogP contribution in [0.1, 0.15) is 55.2 Å². The number of piperidine rings is 1. The first-order chi connectivity index (χ1) is 16.2. The molecular formula is C25H33ClF2N4O2. The summed E-state index contributed by atoms with van der Waals surface area (Å²) in [6, 6.07) is 4.88. The van der Waals surface area contributed by atoms with Gasteiger partial charge in [-0.15, -0.1) is 0 Å². The number of unbranched alkanes of at least 4 members (excludes halogenated alkanes) is 1. The van der Waals surface area contributed by atoms with Gasteiger partial charge < -0.3 is 20.9 Å². The van der Waals surface area contributed by atoms with Crippen molar-refractivity contribution in [2.45, 2.75) is 69.5 Å². The van der Waals surface area contributed by atoms with E-state index in [1.54, 1.807) is 4.90 Å². The number of hydrogen-bond acceptors (Lipinski definition) is 4. The Kier molecular flexibility index (Phi) is 7.90. The molecule has 186 valence electrons. The molecular weight excluding hydrogens is 462 g/mol. The number of carbonyl (C=O) groups is 2. The molecule has 2 fully saturated rings. The highest BCUT2D eigenvalue weighted by Crippen LogP contribution is 2.31. The lowest BCUT2D eigenvalue weighted by Crippen LogP contribution is -2.61. The average molecular weight is 495 g/mol. The molecule has 3 N–H and O–H groups in total. The summed E-state index contributed by atoms with van der Waals surface area (Å²) in [5.74, 6) is -2.90. The van der Waals surface area contributed by atoms with E-state index in [9.17, 15) is 18.4 Å². The number of hydrogen-bond donors (Lipinski definition) is 2. The number of fused-ring (bicyclic) bond motifs is 1. The van der Waals surface area contributed by atoms with Crippen molar-refractivity contribution in [1.29, 1.82) is 0 Å². The van der Waals surface area contributed by atoms with Crippen molar-refractivity contribution in [1.82, 2.24) is 15.1 Å². The van der Waals surface area contributed by atoms with Gasteiger partial charge in [-0.05, 0) is 55.0 Å². The van der Waals surface area contributed by atoms with Gasteiger partial charge in [-0.2, -0.15) is 0 Å². The lowest BCUT2D eigenvalue weighted by molar-refractivity contribution is -0.148. The van der Waals surface area contributed by atoms with E-state index in [1.165, 1.54) is 5.56 Å². The van der Waals surface area contributed by atoms with Gasteiger partial charge in [0.25, 0.3) is 5.92 Å². The highest BCUT2D eigenvalue weighted by atomic mass is 35.5. The van der Waals surface area contributed by atoms with Crippen molar-refractivity contribution < 1.29 is 18.4 Å². The summed E-state index contributed by atoms with van der Waals surface area (Å²) in [5.41, 5.74) is 9.28. The monoisotopic (exact) mass is 494 g/mol. The molecule has 6 nitrogen and oxygen atoms in total.